The van der Waals surface area contributed by atoms with Crippen LogP contribution in [-0.4, -0.2) is 24.7 Å². The Morgan fingerprint density at radius 1 is 1.21 bits per heavy atom. The minimum absolute atomic E-state index is 0.429. The molecule has 1 aromatic carbocycles. The number of nitrogens with one attached hydrogen (secondary N) is 1. The molecular formula is C13H19NO4S. The molecule has 0 spiro atoms. The quantitative estimate of drug-likeness (QED) is 0.868. The zero-order chi connectivity index (χ0) is 14.8. The van der Waals surface area contributed by atoms with Gasteiger partial charge in [0.05, 0.1) is 10.7 Å². The van der Waals surface area contributed by atoms with E-state index in [2.05, 4.69) is 4.72 Å². The summed E-state index contributed by atoms with van der Waals surface area (Å²) in [5.41, 5.74) is 0.0428. The van der Waals surface area contributed by atoms with E-state index in [1.807, 2.05) is 0 Å². The fourth-order valence-electron chi connectivity index (χ4n) is 1.36. The lowest BCUT2D eigenvalue weighted by Crippen LogP contribution is -2.28. The molecule has 0 aromatic heterocycles. The molecule has 6 heteroatoms. The minimum Gasteiger partial charge on any atom is -0.481 e. The van der Waals surface area contributed by atoms with Crippen molar-refractivity contribution in [2.45, 2.75) is 38.4 Å². The molecule has 0 saturated carbocycles. The molecule has 0 fully saturated rings. The van der Waals surface area contributed by atoms with Crippen LogP contribution in [0.1, 0.15) is 33.3 Å². The first-order chi connectivity index (χ1) is 8.57. The number of anilines is 1. The molecule has 1 rings (SSSR count). The SMILES string of the molecule is CC(C)S(=O)(=O)Nc1ccc(C(C)(C)C(=O)O)cc1. The van der Waals surface area contributed by atoms with Crippen LogP contribution >= 0.6 is 0 Å². The van der Waals surface area contributed by atoms with Gasteiger partial charge >= 0.3 is 5.97 Å². The van der Waals surface area contributed by atoms with E-state index in [-0.39, 0.29) is 0 Å². The lowest BCUT2D eigenvalue weighted by atomic mass is 9.85. The Morgan fingerprint density at radius 2 is 1.68 bits per heavy atom. The lowest BCUT2D eigenvalue weighted by Gasteiger charge is -2.20. The van der Waals surface area contributed by atoms with E-state index in [9.17, 15) is 13.2 Å². The van der Waals surface area contributed by atoms with Crippen LogP contribution in [0, 0.1) is 0 Å². The van der Waals surface area contributed by atoms with Gasteiger partial charge in [0.2, 0.25) is 10.0 Å². The molecule has 0 aliphatic rings. The van der Waals surface area contributed by atoms with Gasteiger partial charge in [-0.05, 0) is 45.4 Å². The molecule has 106 valence electrons. The molecule has 1 aromatic rings. The molecule has 0 aliphatic heterocycles. The number of benzene rings is 1. The summed E-state index contributed by atoms with van der Waals surface area (Å²) >= 11 is 0. The van der Waals surface area contributed by atoms with E-state index in [0.717, 1.165) is 0 Å². The third-order valence-electron chi connectivity index (χ3n) is 3.02. The van der Waals surface area contributed by atoms with Crippen LogP contribution in [-0.2, 0) is 20.2 Å². The summed E-state index contributed by atoms with van der Waals surface area (Å²) in [4.78, 5) is 11.1. The Balaban J connectivity index is 2.99. The highest BCUT2D eigenvalue weighted by atomic mass is 32.2. The Hall–Kier alpha value is -1.56. The minimum atomic E-state index is -3.38. The fourth-order valence-corrected chi connectivity index (χ4v) is 2.06. The highest BCUT2D eigenvalue weighted by Crippen LogP contribution is 2.25. The number of carboxylic acid groups (broad SMARTS) is 1. The van der Waals surface area contributed by atoms with Gasteiger partial charge < -0.3 is 5.11 Å². The number of rotatable bonds is 5. The van der Waals surface area contributed by atoms with Crippen molar-refractivity contribution in [2.75, 3.05) is 4.72 Å². The van der Waals surface area contributed by atoms with E-state index < -0.39 is 26.7 Å². The molecule has 0 atom stereocenters. The van der Waals surface area contributed by atoms with Crippen molar-refractivity contribution in [1.29, 1.82) is 0 Å². The molecule has 0 unspecified atom stereocenters. The molecule has 0 heterocycles. The number of sulfonamides is 1. The molecule has 19 heavy (non-hydrogen) atoms. The van der Waals surface area contributed by atoms with Gasteiger partial charge in [0, 0.05) is 5.69 Å². The van der Waals surface area contributed by atoms with E-state index in [1.165, 1.54) is 0 Å². The van der Waals surface area contributed by atoms with Gasteiger partial charge in [0.15, 0.2) is 0 Å². The third kappa shape index (κ3) is 3.47. The number of hydrogen-bond acceptors (Lipinski definition) is 3. The van der Waals surface area contributed by atoms with Crippen LogP contribution in [0.5, 0.6) is 0 Å². The van der Waals surface area contributed by atoms with Crippen molar-refractivity contribution >= 4 is 21.7 Å². The van der Waals surface area contributed by atoms with Crippen molar-refractivity contribution in [3.63, 3.8) is 0 Å². The Labute approximate surface area is 113 Å². The third-order valence-corrected chi connectivity index (χ3v) is 4.78. The average molecular weight is 285 g/mol. The second-order valence-corrected chi connectivity index (χ2v) is 7.44. The van der Waals surface area contributed by atoms with E-state index >= 15 is 0 Å². The summed E-state index contributed by atoms with van der Waals surface area (Å²) in [6, 6.07) is 6.37. The molecular weight excluding hydrogens is 266 g/mol. The standard InChI is InChI=1S/C13H19NO4S/c1-9(2)19(17,18)14-11-7-5-10(6-8-11)13(3,4)12(15)16/h5-9,14H,1-4H3,(H,15,16). The second kappa shape index (κ2) is 5.21. The highest BCUT2D eigenvalue weighted by molar-refractivity contribution is 7.93. The summed E-state index contributed by atoms with van der Waals surface area (Å²) in [6.07, 6.45) is 0. The maximum atomic E-state index is 11.7. The number of hydrogen-bond donors (Lipinski definition) is 2. The predicted molar refractivity (Wildman–Crippen MR) is 74.8 cm³/mol. The molecule has 0 amide bonds. The van der Waals surface area contributed by atoms with Crippen molar-refractivity contribution in [3.8, 4) is 0 Å². The van der Waals surface area contributed by atoms with Gasteiger partial charge in [-0.3, -0.25) is 9.52 Å². The van der Waals surface area contributed by atoms with Crippen molar-refractivity contribution in [3.05, 3.63) is 29.8 Å². The lowest BCUT2D eigenvalue weighted by molar-refractivity contribution is -0.142. The summed E-state index contributed by atoms with van der Waals surface area (Å²) < 4.78 is 25.8. The monoisotopic (exact) mass is 285 g/mol. The highest BCUT2D eigenvalue weighted by Gasteiger charge is 2.29. The van der Waals surface area contributed by atoms with Crippen molar-refractivity contribution in [1.82, 2.24) is 0 Å². The molecule has 5 nitrogen and oxygen atoms in total. The maximum Gasteiger partial charge on any atom is 0.313 e. The van der Waals surface area contributed by atoms with Crippen LogP contribution in [0.4, 0.5) is 5.69 Å². The van der Waals surface area contributed by atoms with E-state index in [4.69, 9.17) is 5.11 Å². The zero-order valence-corrected chi connectivity index (χ0v) is 12.3. The van der Waals surface area contributed by atoms with E-state index in [1.54, 1.807) is 52.0 Å². The smallest absolute Gasteiger partial charge is 0.313 e. The van der Waals surface area contributed by atoms with Crippen LogP contribution < -0.4 is 4.72 Å². The summed E-state index contributed by atoms with van der Waals surface area (Å²) in [6.45, 7) is 6.37. The number of carbonyl (C=O) groups is 1. The van der Waals surface area contributed by atoms with Gasteiger partial charge in [-0.2, -0.15) is 0 Å². The zero-order valence-electron chi connectivity index (χ0n) is 11.5. The molecule has 2 N–H and O–H groups in total. The molecule has 0 saturated heterocycles. The first-order valence-electron chi connectivity index (χ1n) is 5.93. The summed E-state index contributed by atoms with van der Waals surface area (Å²) in [5, 5.41) is 8.59. The van der Waals surface area contributed by atoms with Crippen LogP contribution in [0.25, 0.3) is 0 Å². The average Bonchev–Trinajstić information content (AvgIpc) is 2.28. The second-order valence-electron chi connectivity index (χ2n) is 5.20. The van der Waals surface area contributed by atoms with Crippen molar-refractivity contribution < 1.29 is 18.3 Å². The summed E-state index contributed by atoms with van der Waals surface area (Å²) in [5.74, 6) is -0.928. The maximum absolute atomic E-state index is 11.7. The van der Waals surface area contributed by atoms with Crippen molar-refractivity contribution in [2.24, 2.45) is 0 Å². The van der Waals surface area contributed by atoms with Gasteiger partial charge in [-0.15, -0.1) is 0 Å². The first-order valence-corrected chi connectivity index (χ1v) is 7.47. The summed E-state index contributed by atoms with van der Waals surface area (Å²) in [7, 11) is -3.38. The van der Waals surface area contributed by atoms with Crippen LogP contribution in [0.2, 0.25) is 0 Å². The van der Waals surface area contributed by atoms with E-state index in [0.29, 0.717) is 11.3 Å². The Morgan fingerprint density at radius 3 is 2.05 bits per heavy atom. The number of carboxylic acids is 1. The molecule has 0 bridgehead atoms. The number of aliphatic carboxylic acids is 1. The van der Waals surface area contributed by atoms with Crippen LogP contribution in [0.15, 0.2) is 24.3 Å². The Bertz CT molecular complexity index is 559. The predicted octanol–water partition coefficient (Wildman–Crippen LogP) is 2.20. The van der Waals surface area contributed by atoms with Gasteiger partial charge in [0.1, 0.15) is 0 Å². The van der Waals surface area contributed by atoms with Gasteiger partial charge in [-0.25, -0.2) is 8.42 Å². The topological polar surface area (TPSA) is 83.5 Å². The molecule has 0 radical (unpaired) electrons. The Kier molecular flexibility index (Phi) is 4.25. The van der Waals surface area contributed by atoms with Crippen LogP contribution in [0.3, 0.4) is 0 Å². The van der Waals surface area contributed by atoms with Gasteiger partial charge in [0.25, 0.3) is 0 Å². The molecule has 0 aliphatic carbocycles. The normalized spacial score (nSPS) is 12.5. The fraction of sp³-hybridized carbons (Fsp3) is 0.462. The first kappa shape index (κ1) is 15.5. The van der Waals surface area contributed by atoms with Gasteiger partial charge in [-0.1, -0.05) is 12.1 Å². The largest absolute Gasteiger partial charge is 0.481 e.